The largest absolute Gasteiger partial charge is 0.446 e. The number of hydrogen-bond donors (Lipinski definition) is 1. The van der Waals surface area contributed by atoms with E-state index in [2.05, 4.69) is 32.4 Å². The number of para-hydroxylation sites is 1. The summed E-state index contributed by atoms with van der Waals surface area (Å²) in [6.45, 7) is 4.01. The molecule has 0 amide bonds. The second-order valence-electron chi connectivity index (χ2n) is 5.57. The van der Waals surface area contributed by atoms with E-state index in [0.29, 0.717) is 16.7 Å². The Balaban J connectivity index is 1.84. The molecule has 1 aliphatic heterocycles. The van der Waals surface area contributed by atoms with Crippen LogP contribution in [0.25, 0.3) is 11.3 Å². The number of fused-ring (bicyclic) bond motifs is 3. The number of rotatable bonds is 3. The average molecular weight is 351 g/mol. The summed E-state index contributed by atoms with van der Waals surface area (Å²) in [6, 6.07) is 13.8. The molecule has 0 aliphatic carbocycles. The van der Waals surface area contributed by atoms with Crippen molar-refractivity contribution < 1.29 is 4.74 Å². The second-order valence-corrected chi connectivity index (χ2v) is 6.80. The van der Waals surface area contributed by atoms with E-state index in [1.54, 1.807) is 0 Å². The maximum absolute atomic E-state index is 6.17. The van der Waals surface area contributed by atoms with Crippen LogP contribution in [0.4, 0.5) is 5.69 Å². The van der Waals surface area contributed by atoms with Gasteiger partial charge in [-0.3, -0.25) is 4.98 Å². The van der Waals surface area contributed by atoms with Crippen molar-refractivity contribution in [3.63, 3.8) is 0 Å². The van der Waals surface area contributed by atoms with Crippen molar-refractivity contribution >= 4 is 17.4 Å². The van der Waals surface area contributed by atoms with Crippen molar-refractivity contribution in [1.82, 2.24) is 20.2 Å². The van der Waals surface area contributed by atoms with Gasteiger partial charge in [0.15, 0.2) is 5.69 Å². The minimum absolute atomic E-state index is 0.446. The Kier molecular flexibility index (Phi) is 4.23. The molecule has 3 aromatic rings. The van der Waals surface area contributed by atoms with Gasteiger partial charge in [-0.2, -0.15) is 4.98 Å². The highest BCUT2D eigenvalue weighted by atomic mass is 32.2. The number of benzene rings is 1. The van der Waals surface area contributed by atoms with E-state index in [0.717, 1.165) is 28.4 Å². The number of anilines is 1. The summed E-state index contributed by atoms with van der Waals surface area (Å²) in [5, 5.41) is 12.6. The van der Waals surface area contributed by atoms with E-state index in [1.165, 1.54) is 11.8 Å². The van der Waals surface area contributed by atoms with E-state index in [9.17, 15) is 0 Å². The third-order valence-corrected chi connectivity index (χ3v) is 4.51. The smallest absolute Gasteiger partial charge is 0.247 e. The van der Waals surface area contributed by atoms with Crippen LogP contribution in [0.5, 0.6) is 5.88 Å². The minimum atomic E-state index is -0.446. The number of thioether (sulfide) groups is 1. The fourth-order valence-corrected chi connectivity index (χ4v) is 3.19. The Hall–Kier alpha value is -2.67. The van der Waals surface area contributed by atoms with Gasteiger partial charge in [0.05, 0.1) is 0 Å². The predicted octanol–water partition coefficient (Wildman–Crippen LogP) is 3.86. The van der Waals surface area contributed by atoms with Crippen LogP contribution >= 0.6 is 11.8 Å². The molecule has 0 saturated carbocycles. The monoisotopic (exact) mass is 351 g/mol. The summed E-state index contributed by atoms with van der Waals surface area (Å²) in [7, 11) is 0. The van der Waals surface area contributed by atoms with Crippen molar-refractivity contribution in [3.05, 3.63) is 53.9 Å². The number of nitrogens with zero attached hydrogens (tertiary/aromatic N) is 4. The third-order valence-electron chi connectivity index (χ3n) is 3.79. The zero-order valence-corrected chi connectivity index (χ0v) is 14.7. The molecule has 6 nitrogen and oxygen atoms in total. The Bertz CT molecular complexity index is 917. The normalized spacial score (nSPS) is 15.4. The van der Waals surface area contributed by atoms with Crippen molar-refractivity contribution in [2.24, 2.45) is 0 Å². The minimum Gasteiger partial charge on any atom is -0.446 e. The molecular weight excluding hydrogens is 334 g/mol. The van der Waals surface area contributed by atoms with Gasteiger partial charge in [-0.05, 0) is 30.9 Å². The van der Waals surface area contributed by atoms with Gasteiger partial charge in [0.2, 0.25) is 17.3 Å². The van der Waals surface area contributed by atoms with Crippen LogP contribution in [0.15, 0.2) is 47.6 Å². The molecule has 0 saturated heterocycles. The zero-order valence-electron chi connectivity index (χ0n) is 13.9. The maximum Gasteiger partial charge on any atom is 0.247 e. The molecular formula is C18H17N5OS. The van der Waals surface area contributed by atoms with Crippen LogP contribution in [0.2, 0.25) is 0 Å². The first-order valence-electron chi connectivity index (χ1n) is 8.08. The van der Waals surface area contributed by atoms with Gasteiger partial charge in [-0.15, -0.1) is 10.2 Å². The zero-order chi connectivity index (χ0) is 17.2. The van der Waals surface area contributed by atoms with Gasteiger partial charge in [0.1, 0.15) is 5.69 Å². The van der Waals surface area contributed by atoms with Gasteiger partial charge < -0.3 is 10.1 Å². The Morgan fingerprint density at radius 2 is 1.96 bits per heavy atom. The lowest BCUT2D eigenvalue weighted by atomic mass is 10.1. The van der Waals surface area contributed by atoms with E-state index in [1.807, 2.05) is 49.4 Å². The first-order chi connectivity index (χ1) is 12.2. The second kappa shape index (κ2) is 6.68. The first-order valence-corrected chi connectivity index (χ1v) is 9.07. The van der Waals surface area contributed by atoms with Crippen LogP contribution in [0.1, 0.15) is 24.5 Å². The average Bonchev–Trinajstić information content (AvgIpc) is 2.78. The molecule has 0 fully saturated rings. The molecule has 1 aliphatic rings. The quantitative estimate of drug-likeness (QED) is 0.718. The lowest BCUT2D eigenvalue weighted by Gasteiger charge is -2.18. The van der Waals surface area contributed by atoms with Crippen molar-refractivity contribution in [2.45, 2.75) is 25.2 Å². The molecule has 4 rings (SSSR count). The molecule has 1 N–H and O–H groups in total. The number of pyridine rings is 1. The molecule has 25 heavy (non-hydrogen) atoms. The lowest BCUT2D eigenvalue weighted by molar-refractivity contribution is 0.220. The molecule has 3 heterocycles. The van der Waals surface area contributed by atoms with Crippen molar-refractivity contribution in [1.29, 1.82) is 0 Å². The predicted molar refractivity (Wildman–Crippen MR) is 97.6 cm³/mol. The van der Waals surface area contributed by atoms with Gasteiger partial charge in [0.25, 0.3) is 0 Å². The van der Waals surface area contributed by atoms with E-state index in [-0.39, 0.29) is 0 Å². The number of ether oxygens (including phenoxy) is 1. The summed E-state index contributed by atoms with van der Waals surface area (Å²) < 4.78 is 6.17. The van der Waals surface area contributed by atoms with Crippen LogP contribution < -0.4 is 10.1 Å². The molecule has 2 aromatic heterocycles. The number of aryl methyl sites for hydroxylation is 1. The third kappa shape index (κ3) is 3.15. The summed E-state index contributed by atoms with van der Waals surface area (Å²) in [6.07, 6.45) is -0.446. The standard InChI is InChI=1S/C18H17N5OS/c1-3-25-18-21-17-15(22-23-18)12-8-4-5-9-13(12)20-16(24-17)14-10-6-7-11(2)19-14/h4-10,16,20H,3H2,1-2H3. The van der Waals surface area contributed by atoms with Crippen LogP contribution in [0, 0.1) is 6.92 Å². The number of hydrogen-bond acceptors (Lipinski definition) is 7. The molecule has 0 bridgehead atoms. The van der Waals surface area contributed by atoms with E-state index < -0.39 is 6.23 Å². The molecule has 1 unspecified atom stereocenters. The van der Waals surface area contributed by atoms with Crippen molar-refractivity contribution in [3.8, 4) is 17.1 Å². The Morgan fingerprint density at radius 1 is 1.08 bits per heavy atom. The fourth-order valence-electron chi connectivity index (χ4n) is 2.68. The Labute approximate surface area is 150 Å². The fraction of sp³-hybridized carbons (Fsp3) is 0.222. The highest BCUT2D eigenvalue weighted by Gasteiger charge is 2.26. The highest BCUT2D eigenvalue weighted by Crippen LogP contribution is 2.39. The molecule has 1 aromatic carbocycles. The summed E-state index contributed by atoms with van der Waals surface area (Å²) in [4.78, 5) is 9.15. The molecule has 126 valence electrons. The molecule has 0 spiro atoms. The van der Waals surface area contributed by atoms with Gasteiger partial charge in [0, 0.05) is 16.9 Å². The van der Waals surface area contributed by atoms with Crippen LogP contribution in [0.3, 0.4) is 0 Å². The maximum atomic E-state index is 6.17. The summed E-state index contributed by atoms with van der Waals surface area (Å²) in [5.74, 6) is 1.34. The molecule has 1 atom stereocenters. The lowest BCUT2D eigenvalue weighted by Crippen LogP contribution is -2.18. The topological polar surface area (TPSA) is 72.8 Å². The number of aromatic nitrogens is 4. The van der Waals surface area contributed by atoms with Crippen LogP contribution in [-0.2, 0) is 0 Å². The van der Waals surface area contributed by atoms with Gasteiger partial charge in [-0.1, -0.05) is 43.0 Å². The van der Waals surface area contributed by atoms with Crippen molar-refractivity contribution in [2.75, 3.05) is 11.1 Å². The SMILES string of the molecule is CCSc1nnc2c(n1)OC(c1cccc(C)n1)Nc1ccccc1-2. The van der Waals surface area contributed by atoms with E-state index in [4.69, 9.17) is 4.74 Å². The Morgan fingerprint density at radius 3 is 2.80 bits per heavy atom. The summed E-state index contributed by atoms with van der Waals surface area (Å²) in [5.41, 5.74) is 4.20. The number of nitrogens with one attached hydrogen (secondary N) is 1. The summed E-state index contributed by atoms with van der Waals surface area (Å²) >= 11 is 1.53. The highest BCUT2D eigenvalue weighted by molar-refractivity contribution is 7.99. The van der Waals surface area contributed by atoms with Gasteiger partial charge >= 0.3 is 0 Å². The molecule has 7 heteroatoms. The van der Waals surface area contributed by atoms with E-state index >= 15 is 0 Å². The van der Waals surface area contributed by atoms with Crippen LogP contribution in [-0.4, -0.2) is 25.9 Å². The van der Waals surface area contributed by atoms with Gasteiger partial charge in [-0.25, -0.2) is 0 Å². The first kappa shape index (κ1) is 15.8. The molecule has 0 radical (unpaired) electrons.